The van der Waals surface area contributed by atoms with Crippen LogP contribution in [0.15, 0.2) is 146 Å². The normalized spacial score (nSPS) is 22.6. The SMILES string of the molecule is Oc1ccc([C@@H]2c3c(O)cc(O)cc3[C@H]3c4c(cc(O)cc4[C@H]2O)O[C@H]3c2ccc3c(c2)[C@@H](c2c(O)ccc4c2[C@@H](c2cc(O)cc(O)c2)[C@H](c2ccc(O)cc2)O4)[C@H](c2ccc(O)cc2)O3)cc1. The van der Waals surface area contributed by atoms with Gasteiger partial charge in [0.05, 0.1) is 23.9 Å². The van der Waals surface area contributed by atoms with Gasteiger partial charge in [-0.05, 0) is 124 Å². The van der Waals surface area contributed by atoms with Crippen LogP contribution in [0.2, 0.25) is 0 Å². The fraction of sp³-hybridized carbons (Fsp3) is 0.143. The highest BCUT2D eigenvalue weighted by Crippen LogP contribution is 2.63. The fourth-order valence-corrected chi connectivity index (χ4v) is 11.3. The Bertz CT molecular complexity index is 3350. The van der Waals surface area contributed by atoms with E-state index in [1.165, 1.54) is 60.7 Å². The minimum absolute atomic E-state index is 0.00369. The molecule has 69 heavy (non-hydrogen) atoms. The minimum Gasteiger partial charge on any atom is -0.508 e. The summed E-state index contributed by atoms with van der Waals surface area (Å²) in [4.78, 5) is 0. The maximum Gasteiger partial charge on any atom is 0.135 e. The summed E-state index contributed by atoms with van der Waals surface area (Å²) in [7, 11) is 0. The van der Waals surface area contributed by atoms with Gasteiger partial charge in [-0.15, -0.1) is 0 Å². The van der Waals surface area contributed by atoms with E-state index in [1.807, 2.05) is 12.1 Å². The van der Waals surface area contributed by atoms with Crippen molar-refractivity contribution in [3.05, 3.63) is 212 Å². The lowest BCUT2D eigenvalue weighted by Crippen LogP contribution is -2.17. The molecule has 3 heterocycles. The van der Waals surface area contributed by atoms with Crippen LogP contribution in [0.1, 0.15) is 115 Å². The van der Waals surface area contributed by atoms with Crippen molar-refractivity contribution in [2.45, 2.75) is 48.1 Å². The van der Waals surface area contributed by atoms with Crippen molar-refractivity contribution in [1.29, 1.82) is 0 Å². The molecule has 13 nitrogen and oxygen atoms in total. The van der Waals surface area contributed by atoms with Crippen LogP contribution in [-0.4, -0.2) is 51.1 Å². The Balaban J connectivity index is 1.06. The zero-order valence-electron chi connectivity index (χ0n) is 36.2. The van der Waals surface area contributed by atoms with E-state index in [1.54, 1.807) is 72.8 Å². The average molecular weight is 923 g/mol. The van der Waals surface area contributed by atoms with E-state index in [0.717, 1.165) is 0 Å². The molecule has 12 rings (SSSR count). The first-order valence-electron chi connectivity index (χ1n) is 22.3. The molecular weight excluding hydrogens is 881 g/mol. The van der Waals surface area contributed by atoms with Gasteiger partial charge in [-0.3, -0.25) is 0 Å². The summed E-state index contributed by atoms with van der Waals surface area (Å²) in [5, 5.41) is 111. The van der Waals surface area contributed by atoms with Crippen molar-refractivity contribution in [2.24, 2.45) is 0 Å². The highest BCUT2D eigenvalue weighted by Gasteiger charge is 2.50. The number of benzene rings is 8. The summed E-state index contributed by atoms with van der Waals surface area (Å²) in [6.07, 6.45) is -3.80. The van der Waals surface area contributed by atoms with Gasteiger partial charge in [-0.2, -0.15) is 0 Å². The molecule has 8 atom stereocenters. The van der Waals surface area contributed by atoms with Crippen molar-refractivity contribution in [3.8, 4) is 69.0 Å². The van der Waals surface area contributed by atoms with Crippen molar-refractivity contribution in [1.82, 2.24) is 0 Å². The number of fused-ring (bicyclic) bond motifs is 4. The van der Waals surface area contributed by atoms with Crippen molar-refractivity contribution in [3.63, 3.8) is 0 Å². The Morgan fingerprint density at radius 2 is 0.768 bits per heavy atom. The molecule has 0 aromatic heterocycles. The van der Waals surface area contributed by atoms with Crippen molar-refractivity contribution < 1.29 is 65.3 Å². The van der Waals surface area contributed by atoms with E-state index in [9.17, 15) is 51.1 Å². The lowest BCUT2D eigenvalue weighted by atomic mass is 9.75. The molecule has 3 aliphatic heterocycles. The third-order valence-corrected chi connectivity index (χ3v) is 14.1. The molecule has 1 aliphatic carbocycles. The predicted octanol–water partition coefficient (Wildman–Crippen LogP) is 10.0. The Morgan fingerprint density at radius 1 is 0.275 bits per heavy atom. The first kappa shape index (κ1) is 41.7. The molecule has 4 aliphatic rings. The zero-order chi connectivity index (χ0) is 47.6. The number of aliphatic hydroxyl groups excluding tert-OH is 1. The molecule has 0 saturated carbocycles. The predicted molar refractivity (Wildman–Crippen MR) is 249 cm³/mol. The molecule has 0 amide bonds. The molecule has 0 saturated heterocycles. The molecule has 8 aromatic carbocycles. The van der Waals surface area contributed by atoms with Crippen LogP contribution in [-0.2, 0) is 0 Å². The van der Waals surface area contributed by atoms with Gasteiger partial charge in [0.1, 0.15) is 87.3 Å². The van der Waals surface area contributed by atoms with Gasteiger partial charge in [0.15, 0.2) is 0 Å². The van der Waals surface area contributed by atoms with E-state index in [-0.39, 0.29) is 57.5 Å². The largest absolute Gasteiger partial charge is 0.508 e. The number of phenols is 9. The molecule has 0 fully saturated rings. The van der Waals surface area contributed by atoms with Gasteiger partial charge >= 0.3 is 0 Å². The van der Waals surface area contributed by atoms with Crippen LogP contribution < -0.4 is 14.2 Å². The second kappa shape index (κ2) is 15.4. The highest BCUT2D eigenvalue weighted by molar-refractivity contribution is 5.67. The summed E-state index contributed by atoms with van der Waals surface area (Å²) < 4.78 is 20.4. The number of ether oxygens (including phenoxy) is 3. The molecule has 13 heteroatoms. The third-order valence-electron chi connectivity index (χ3n) is 14.1. The molecule has 0 spiro atoms. The van der Waals surface area contributed by atoms with Crippen LogP contribution in [0, 0.1) is 0 Å². The second-order valence-corrected chi connectivity index (χ2v) is 18.2. The van der Waals surface area contributed by atoms with Gasteiger partial charge in [0, 0.05) is 51.9 Å². The highest BCUT2D eigenvalue weighted by atomic mass is 16.5. The fourth-order valence-electron chi connectivity index (χ4n) is 11.3. The zero-order valence-corrected chi connectivity index (χ0v) is 36.2. The smallest absolute Gasteiger partial charge is 0.135 e. The monoisotopic (exact) mass is 922 g/mol. The molecule has 0 unspecified atom stereocenters. The Hall–Kier alpha value is -8.68. The van der Waals surface area contributed by atoms with E-state index in [2.05, 4.69) is 0 Å². The topological polar surface area (TPSA) is 230 Å². The van der Waals surface area contributed by atoms with Gasteiger partial charge in [0.2, 0.25) is 0 Å². The number of phenolic OH excluding ortho intramolecular Hbond substituents is 9. The number of hydrogen-bond donors (Lipinski definition) is 10. The van der Waals surface area contributed by atoms with Crippen LogP contribution in [0.4, 0.5) is 0 Å². The molecule has 344 valence electrons. The summed E-state index contributed by atoms with van der Waals surface area (Å²) in [6, 6.07) is 38.1. The van der Waals surface area contributed by atoms with E-state index >= 15 is 0 Å². The van der Waals surface area contributed by atoms with Gasteiger partial charge in [-0.25, -0.2) is 0 Å². The summed E-state index contributed by atoms with van der Waals surface area (Å²) in [5.41, 5.74) is 6.24. The lowest BCUT2D eigenvalue weighted by Gasteiger charge is -2.27. The lowest BCUT2D eigenvalue weighted by molar-refractivity contribution is 0.157. The number of hydrogen-bond acceptors (Lipinski definition) is 13. The maximum atomic E-state index is 12.4. The second-order valence-electron chi connectivity index (χ2n) is 18.2. The summed E-state index contributed by atoms with van der Waals surface area (Å²) >= 11 is 0. The average Bonchev–Trinajstić information content (AvgIpc) is 4.00. The van der Waals surface area contributed by atoms with Crippen LogP contribution in [0.3, 0.4) is 0 Å². The van der Waals surface area contributed by atoms with Gasteiger partial charge in [0.25, 0.3) is 0 Å². The Labute approximate surface area is 393 Å². The number of rotatable bonds is 6. The van der Waals surface area contributed by atoms with Gasteiger partial charge in [-0.1, -0.05) is 42.5 Å². The molecule has 0 radical (unpaired) electrons. The molecular formula is C56H42O13. The first-order valence-corrected chi connectivity index (χ1v) is 22.3. The van der Waals surface area contributed by atoms with Crippen molar-refractivity contribution >= 4 is 0 Å². The summed E-state index contributed by atoms with van der Waals surface area (Å²) in [5.74, 6) is -3.14. The van der Waals surface area contributed by atoms with Crippen LogP contribution in [0.5, 0.6) is 69.0 Å². The summed E-state index contributed by atoms with van der Waals surface area (Å²) in [6.45, 7) is 0. The van der Waals surface area contributed by atoms with Crippen LogP contribution in [0.25, 0.3) is 0 Å². The standard InChI is InChI=1S/C56H42O13/c57-30-8-1-25(2-9-30)45-47-38(21-35(62)23-41(47)65)50-48-39(53(45)66)22-36(63)24-44(48)69-56(50)28-7-15-42-37(19-28)49(55(67-42)27-5-12-32(59)13-6-27)51-40(64)14-16-43-52(51)46(29-17-33(60)20-34(61)18-29)54(68-43)26-3-10-31(58)11-4-26/h1-24,45-46,49-50,53-66H/t45-,46-,49+,50+,53-,54+,55+,56+/m1/s1. The maximum absolute atomic E-state index is 12.4. The third kappa shape index (κ3) is 6.64. The van der Waals surface area contributed by atoms with E-state index in [0.29, 0.717) is 78.3 Å². The molecule has 10 N–H and O–H groups in total. The quantitative estimate of drug-likeness (QED) is 0.0750. The molecule has 0 bridgehead atoms. The minimum atomic E-state index is -1.34. The molecule has 8 aromatic rings. The first-order chi connectivity index (χ1) is 33.3. The Kier molecular flexibility index (Phi) is 9.34. The number of aliphatic hydroxyl groups is 1. The van der Waals surface area contributed by atoms with E-state index < -0.39 is 48.1 Å². The number of aromatic hydroxyl groups is 9. The van der Waals surface area contributed by atoms with Crippen LogP contribution >= 0.6 is 0 Å². The van der Waals surface area contributed by atoms with Crippen molar-refractivity contribution in [2.75, 3.05) is 0 Å². The van der Waals surface area contributed by atoms with E-state index in [4.69, 9.17) is 14.2 Å². The van der Waals surface area contributed by atoms with Gasteiger partial charge < -0.3 is 65.3 Å². The Morgan fingerprint density at radius 3 is 1.42 bits per heavy atom.